The van der Waals surface area contributed by atoms with E-state index >= 15 is 0 Å². The van der Waals surface area contributed by atoms with Crippen LogP contribution in [0.5, 0.6) is 0 Å². The Labute approximate surface area is 111 Å². The highest BCUT2D eigenvalue weighted by Crippen LogP contribution is 2.29. The van der Waals surface area contributed by atoms with Gasteiger partial charge in [0.15, 0.2) is 0 Å². The summed E-state index contributed by atoms with van der Waals surface area (Å²) >= 11 is 0. The number of nitrogens with zero attached hydrogens (tertiary/aromatic N) is 1. The molecule has 1 rings (SSSR count). The van der Waals surface area contributed by atoms with Crippen molar-refractivity contribution in [1.29, 1.82) is 0 Å². The van der Waals surface area contributed by atoms with Gasteiger partial charge in [-0.05, 0) is 24.0 Å². The lowest BCUT2D eigenvalue weighted by atomic mass is 9.88. The van der Waals surface area contributed by atoms with Crippen molar-refractivity contribution >= 4 is 5.82 Å². The molecule has 3 nitrogen and oxygen atoms in total. The number of hydrogen-bond acceptors (Lipinski definition) is 3. The van der Waals surface area contributed by atoms with Crippen LogP contribution in [0, 0.1) is 5.41 Å². The summed E-state index contributed by atoms with van der Waals surface area (Å²) in [5.74, 6) is 0.194. The van der Waals surface area contributed by atoms with E-state index in [2.05, 4.69) is 31.1 Å². The first-order valence-corrected chi connectivity index (χ1v) is 6.11. The molecular weight excluding hydrogens is 255 g/mol. The summed E-state index contributed by atoms with van der Waals surface area (Å²) in [7, 11) is 0. The normalized spacial score (nSPS) is 14.3. The summed E-state index contributed by atoms with van der Waals surface area (Å²) in [5, 5.41) is 2.84. The van der Waals surface area contributed by atoms with E-state index in [1.807, 2.05) is 0 Å². The van der Waals surface area contributed by atoms with Gasteiger partial charge in [-0.3, -0.25) is 0 Å². The average molecular weight is 275 g/mol. The highest BCUT2D eigenvalue weighted by Gasteiger charge is 2.30. The predicted molar refractivity (Wildman–Crippen MR) is 69.8 cm³/mol. The van der Waals surface area contributed by atoms with E-state index < -0.39 is 11.7 Å². The zero-order valence-electron chi connectivity index (χ0n) is 11.4. The first-order valence-electron chi connectivity index (χ1n) is 6.11. The Bertz CT molecular complexity index is 410. The summed E-state index contributed by atoms with van der Waals surface area (Å²) in [5.41, 5.74) is 5.29. The van der Waals surface area contributed by atoms with Gasteiger partial charge in [0.25, 0.3) is 0 Å². The highest BCUT2D eigenvalue weighted by molar-refractivity contribution is 5.38. The van der Waals surface area contributed by atoms with Crippen molar-refractivity contribution in [2.45, 2.75) is 39.4 Å². The van der Waals surface area contributed by atoms with Crippen LogP contribution in [0.15, 0.2) is 18.3 Å². The van der Waals surface area contributed by atoms with Crippen LogP contribution in [-0.2, 0) is 6.18 Å². The van der Waals surface area contributed by atoms with Crippen LogP contribution in [0.3, 0.4) is 0 Å². The van der Waals surface area contributed by atoms with Gasteiger partial charge in [0.2, 0.25) is 0 Å². The Hall–Kier alpha value is -1.30. The van der Waals surface area contributed by atoms with Gasteiger partial charge in [0.1, 0.15) is 5.82 Å². The molecule has 0 saturated heterocycles. The van der Waals surface area contributed by atoms with Gasteiger partial charge >= 0.3 is 6.18 Å². The van der Waals surface area contributed by atoms with Crippen molar-refractivity contribution in [2.24, 2.45) is 11.1 Å². The van der Waals surface area contributed by atoms with Crippen LogP contribution < -0.4 is 11.1 Å². The fourth-order valence-corrected chi connectivity index (χ4v) is 1.80. The lowest BCUT2D eigenvalue weighted by Gasteiger charge is -2.23. The lowest BCUT2D eigenvalue weighted by molar-refractivity contribution is -0.137. The maximum Gasteiger partial charge on any atom is 0.416 e. The number of halogens is 3. The standard InChI is InChI=1S/C13H20F3N3/c1-12(2,3)7-10(17)8-19-11-6-9(4-5-18-11)13(14,15)16/h4-6,10H,7-8,17H2,1-3H3,(H,18,19). The van der Waals surface area contributed by atoms with Crippen LogP contribution in [-0.4, -0.2) is 17.6 Å². The third-order valence-electron chi connectivity index (χ3n) is 2.51. The fraction of sp³-hybridized carbons (Fsp3) is 0.615. The highest BCUT2D eigenvalue weighted by atomic mass is 19.4. The van der Waals surface area contributed by atoms with Gasteiger partial charge in [-0.2, -0.15) is 13.2 Å². The molecule has 0 bridgehead atoms. The Morgan fingerprint density at radius 1 is 1.32 bits per heavy atom. The third kappa shape index (κ3) is 5.92. The smallest absolute Gasteiger partial charge is 0.369 e. The molecule has 0 spiro atoms. The minimum atomic E-state index is -4.35. The molecule has 1 aromatic heterocycles. The van der Waals surface area contributed by atoms with Crippen LogP contribution >= 0.6 is 0 Å². The van der Waals surface area contributed by atoms with Crippen molar-refractivity contribution in [3.05, 3.63) is 23.9 Å². The number of pyridine rings is 1. The number of hydrogen-bond donors (Lipinski definition) is 2. The summed E-state index contributed by atoms with van der Waals surface area (Å²) in [6.45, 7) is 6.59. The molecule has 1 unspecified atom stereocenters. The van der Waals surface area contributed by atoms with Gasteiger partial charge in [0.05, 0.1) is 5.56 Å². The Morgan fingerprint density at radius 3 is 2.47 bits per heavy atom. The van der Waals surface area contributed by atoms with Crippen LogP contribution in [0.25, 0.3) is 0 Å². The van der Waals surface area contributed by atoms with Crippen molar-refractivity contribution in [3.8, 4) is 0 Å². The van der Waals surface area contributed by atoms with Crippen LogP contribution in [0.1, 0.15) is 32.8 Å². The Kier molecular flexibility index (Phi) is 4.79. The van der Waals surface area contributed by atoms with Gasteiger partial charge in [0, 0.05) is 18.8 Å². The molecular formula is C13H20F3N3. The molecule has 0 aliphatic rings. The largest absolute Gasteiger partial charge is 0.416 e. The number of alkyl halides is 3. The van der Waals surface area contributed by atoms with Gasteiger partial charge < -0.3 is 11.1 Å². The zero-order chi connectivity index (χ0) is 14.7. The molecule has 0 saturated carbocycles. The van der Waals surface area contributed by atoms with E-state index in [4.69, 9.17) is 5.73 Å². The maximum absolute atomic E-state index is 12.5. The second-order valence-electron chi connectivity index (χ2n) is 5.83. The van der Waals surface area contributed by atoms with E-state index in [1.165, 1.54) is 0 Å². The quantitative estimate of drug-likeness (QED) is 0.886. The molecule has 0 amide bonds. The van der Waals surface area contributed by atoms with E-state index in [0.717, 1.165) is 24.8 Å². The number of nitrogens with one attached hydrogen (secondary N) is 1. The Balaban J connectivity index is 2.59. The van der Waals surface area contributed by atoms with E-state index in [-0.39, 0.29) is 17.3 Å². The first-order chi connectivity index (χ1) is 8.58. The minimum absolute atomic E-state index is 0.0857. The molecule has 6 heteroatoms. The van der Waals surface area contributed by atoms with Crippen LogP contribution in [0.4, 0.5) is 19.0 Å². The number of rotatable bonds is 4. The Morgan fingerprint density at radius 2 is 1.95 bits per heavy atom. The SMILES string of the molecule is CC(C)(C)CC(N)CNc1cc(C(F)(F)F)ccn1. The zero-order valence-corrected chi connectivity index (χ0v) is 11.4. The van der Waals surface area contributed by atoms with Crippen LogP contribution in [0.2, 0.25) is 0 Å². The van der Waals surface area contributed by atoms with Gasteiger partial charge in [-0.1, -0.05) is 20.8 Å². The molecule has 0 aliphatic carbocycles. The molecule has 1 heterocycles. The molecule has 3 N–H and O–H groups in total. The van der Waals surface area contributed by atoms with E-state index in [1.54, 1.807) is 0 Å². The molecule has 0 fully saturated rings. The summed E-state index contributed by atoms with van der Waals surface area (Å²) in [6.07, 6.45) is -2.44. The number of nitrogens with two attached hydrogens (primary N) is 1. The number of aromatic nitrogens is 1. The molecule has 0 radical (unpaired) electrons. The minimum Gasteiger partial charge on any atom is -0.369 e. The van der Waals surface area contributed by atoms with E-state index in [0.29, 0.717) is 6.54 Å². The molecule has 1 atom stereocenters. The molecule has 0 aliphatic heterocycles. The molecule has 0 aromatic carbocycles. The predicted octanol–water partition coefficient (Wildman–Crippen LogP) is 3.28. The monoisotopic (exact) mass is 275 g/mol. The summed E-state index contributed by atoms with van der Waals surface area (Å²) in [4.78, 5) is 3.85. The molecule has 1 aromatic rings. The maximum atomic E-state index is 12.5. The van der Waals surface area contributed by atoms with Gasteiger partial charge in [-0.15, -0.1) is 0 Å². The topological polar surface area (TPSA) is 50.9 Å². The van der Waals surface area contributed by atoms with E-state index in [9.17, 15) is 13.2 Å². The second-order valence-corrected chi connectivity index (χ2v) is 5.83. The first kappa shape index (κ1) is 15.8. The lowest BCUT2D eigenvalue weighted by Crippen LogP contribution is -2.33. The second kappa shape index (κ2) is 5.77. The van der Waals surface area contributed by atoms with Crippen molar-refractivity contribution in [3.63, 3.8) is 0 Å². The molecule has 19 heavy (non-hydrogen) atoms. The number of anilines is 1. The van der Waals surface area contributed by atoms with Gasteiger partial charge in [-0.25, -0.2) is 4.98 Å². The third-order valence-corrected chi connectivity index (χ3v) is 2.51. The summed E-state index contributed by atoms with van der Waals surface area (Å²) < 4.78 is 37.5. The van der Waals surface area contributed by atoms with Crippen molar-refractivity contribution in [1.82, 2.24) is 4.98 Å². The average Bonchev–Trinajstić information content (AvgIpc) is 2.23. The summed E-state index contributed by atoms with van der Waals surface area (Å²) in [6, 6.07) is 1.81. The van der Waals surface area contributed by atoms with Crippen molar-refractivity contribution < 1.29 is 13.2 Å². The molecule has 108 valence electrons. The van der Waals surface area contributed by atoms with Crippen molar-refractivity contribution in [2.75, 3.05) is 11.9 Å². The fourth-order valence-electron chi connectivity index (χ4n) is 1.80.